The van der Waals surface area contributed by atoms with E-state index in [-0.39, 0.29) is 5.78 Å². The molecule has 0 aliphatic heterocycles. The smallest absolute Gasteiger partial charge is 0.138 e. The quantitative estimate of drug-likeness (QED) is 0.673. The van der Waals surface area contributed by atoms with Crippen molar-refractivity contribution >= 4 is 17.4 Å². The van der Waals surface area contributed by atoms with Crippen molar-refractivity contribution in [1.82, 2.24) is 9.78 Å². The molecule has 0 saturated carbocycles. The molecule has 0 aliphatic rings. The zero-order chi connectivity index (χ0) is 13.5. The van der Waals surface area contributed by atoms with Crippen molar-refractivity contribution < 1.29 is 4.79 Å². The van der Waals surface area contributed by atoms with Gasteiger partial charge in [-0.3, -0.25) is 9.48 Å². The number of ketones is 1. The van der Waals surface area contributed by atoms with Crippen molar-refractivity contribution in [3.8, 4) is 0 Å². The number of nitrogens with zero attached hydrogens (tertiary/aromatic N) is 2. The van der Waals surface area contributed by atoms with E-state index < -0.39 is 0 Å². The van der Waals surface area contributed by atoms with Gasteiger partial charge in [0.2, 0.25) is 0 Å². The Morgan fingerprint density at radius 1 is 1.28 bits per heavy atom. The van der Waals surface area contributed by atoms with Crippen LogP contribution in [0.1, 0.15) is 57.8 Å². The van der Waals surface area contributed by atoms with Crippen LogP contribution in [0.25, 0.3) is 0 Å². The van der Waals surface area contributed by atoms with Crippen LogP contribution in [-0.4, -0.2) is 15.6 Å². The van der Waals surface area contributed by atoms with Gasteiger partial charge in [-0.25, -0.2) is 0 Å². The molecule has 0 N–H and O–H groups in total. The minimum atomic E-state index is 0.266. The second-order valence-corrected chi connectivity index (χ2v) is 4.93. The van der Waals surface area contributed by atoms with Crippen LogP contribution in [0.5, 0.6) is 0 Å². The molecular weight excluding hydrogens is 248 g/mol. The number of hydrogen-bond donors (Lipinski definition) is 0. The van der Waals surface area contributed by atoms with Crippen LogP contribution in [-0.2, 0) is 24.2 Å². The molecule has 0 bridgehead atoms. The highest BCUT2D eigenvalue weighted by Crippen LogP contribution is 2.22. The van der Waals surface area contributed by atoms with Crippen LogP contribution in [0.15, 0.2) is 0 Å². The van der Waals surface area contributed by atoms with E-state index in [0.29, 0.717) is 17.9 Å². The van der Waals surface area contributed by atoms with Gasteiger partial charge in [0.05, 0.1) is 16.4 Å². The lowest BCUT2D eigenvalue weighted by molar-refractivity contribution is -0.118. The van der Waals surface area contributed by atoms with E-state index in [2.05, 4.69) is 12.0 Å². The molecule has 3 nitrogen and oxygen atoms in total. The van der Waals surface area contributed by atoms with Gasteiger partial charge in [-0.1, -0.05) is 38.3 Å². The first kappa shape index (κ1) is 15.2. The molecule has 0 aromatic carbocycles. The van der Waals surface area contributed by atoms with Crippen molar-refractivity contribution in [3.05, 3.63) is 16.4 Å². The predicted molar refractivity (Wildman–Crippen MR) is 75.1 cm³/mol. The first-order valence-corrected chi connectivity index (χ1v) is 7.27. The summed E-state index contributed by atoms with van der Waals surface area (Å²) in [7, 11) is 0. The maximum absolute atomic E-state index is 11.9. The summed E-state index contributed by atoms with van der Waals surface area (Å²) in [5.74, 6) is 0.266. The Bertz CT molecular complexity index is 399. The third-order valence-electron chi connectivity index (χ3n) is 3.12. The van der Waals surface area contributed by atoms with E-state index in [4.69, 9.17) is 11.6 Å². The summed E-state index contributed by atoms with van der Waals surface area (Å²) in [4.78, 5) is 11.9. The standard InChI is InChI=1S/C14H23ClN2O/c1-4-7-8-9-11(18)10-13-14(15)12(5-2)16-17(13)6-3/h4-10H2,1-3H3. The zero-order valence-electron chi connectivity index (χ0n) is 11.6. The number of carbonyl (C=O) groups excluding carboxylic acids is 1. The molecule has 102 valence electrons. The Hall–Kier alpha value is -0.830. The molecule has 0 fully saturated rings. The number of unbranched alkanes of at least 4 members (excludes halogenated alkanes) is 2. The number of rotatable bonds is 8. The molecule has 1 rings (SSSR count). The van der Waals surface area contributed by atoms with Crippen molar-refractivity contribution in [2.24, 2.45) is 0 Å². The second-order valence-electron chi connectivity index (χ2n) is 4.55. The lowest BCUT2D eigenvalue weighted by Crippen LogP contribution is -2.09. The molecule has 1 aromatic heterocycles. The molecule has 1 aromatic rings. The molecule has 4 heteroatoms. The molecule has 0 spiro atoms. The van der Waals surface area contributed by atoms with Crippen LogP contribution in [0.2, 0.25) is 5.02 Å². The van der Waals surface area contributed by atoms with Gasteiger partial charge in [0, 0.05) is 19.4 Å². The molecular formula is C14H23ClN2O. The maximum atomic E-state index is 11.9. The number of aromatic nitrogens is 2. The molecule has 0 radical (unpaired) electrons. The Morgan fingerprint density at radius 3 is 2.56 bits per heavy atom. The van der Waals surface area contributed by atoms with E-state index in [1.54, 1.807) is 0 Å². The maximum Gasteiger partial charge on any atom is 0.138 e. The zero-order valence-corrected chi connectivity index (χ0v) is 12.4. The van der Waals surface area contributed by atoms with Gasteiger partial charge in [-0.2, -0.15) is 5.10 Å². The molecule has 0 unspecified atom stereocenters. The topological polar surface area (TPSA) is 34.9 Å². The fourth-order valence-corrected chi connectivity index (χ4v) is 2.37. The van der Waals surface area contributed by atoms with E-state index in [1.807, 2.05) is 18.5 Å². The average Bonchev–Trinajstić information content (AvgIpc) is 2.66. The first-order chi connectivity index (χ1) is 8.63. The minimum absolute atomic E-state index is 0.266. The summed E-state index contributed by atoms with van der Waals surface area (Å²) >= 11 is 6.28. The van der Waals surface area contributed by atoms with Gasteiger partial charge in [-0.15, -0.1) is 0 Å². The van der Waals surface area contributed by atoms with Gasteiger partial charge in [-0.05, 0) is 19.8 Å². The Labute approximate surface area is 115 Å². The molecule has 0 saturated heterocycles. The third kappa shape index (κ3) is 3.84. The van der Waals surface area contributed by atoms with Crippen LogP contribution in [0, 0.1) is 0 Å². The van der Waals surface area contributed by atoms with E-state index in [0.717, 1.165) is 43.6 Å². The lowest BCUT2D eigenvalue weighted by Gasteiger charge is -2.04. The molecule has 0 atom stereocenters. The highest BCUT2D eigenvalue weighted by Gasteiger charge is 2.16. The highest BCUT2D eigenvalue weighted by molar-refractivity contribution is 6.32. The van der Waals surface area contributed by atoms with Crippen LogP contribution in [0.4, 0.5) is 0 Å². The van der Waals surface area contributed by atoms with Gasteiger partial charge in [0.1, 0.15) is 5.78 Å². The van der Waals surface area contributed by atoms with Gasteiger partial charge < -0.3 is 0 Å². The van der Waals surface area contributed by atoms with Gasteiger partial charge >= 0.3 is 0 Å². The van der Waals surface area contributed by atoms with Crippen molar-refractivity contribution in [3.63, 3.8) is 0 Å². The fourth-order valence-electron chi connectivity index (χ4n) is 2.03. The first-order valence-electron chi connectivity index (χ1n) is 6.89. The Balaban J connectivity index is 2.70. The monoisotopic (exact) mass is 270 g/mol. The number of hydrogen-bond acceptors (Lipinski definition) is 2. The largest absolute Gasteiger partial charge is 0.299 e. The van der Waals surface area contributed by atoms with E-state index in [9.17, 15) is 4.79 Å². The number of halogens is 1. The van der Waals surface area contributed by atoms with Gasteiger partial charge in [0.15, 0.2) is 0 Å². The van der Waals surface area contributed by atoms with Crippen molar-refractivity contribution in [2.75, 3.05) is 0 Å². The predicted octanol–water partition coefficient (Wildman–Crippen LogP) is 3.81. The summed E-state index contributed by atoms with van der Waals surface area (Å²) in [6.45, 7) is 6.95. The van der Waals surface area contributed by atoms with Crippen LogP contribution >= 0.6 is 11.6 Å². The van der Waals surface area contributed by atoms with Crippen molar-refractivity contribution in [2.45, 2.75) is 65.8 Å². The Kier molecular flexibility index (Phi) is 6.41. The number of Topliss-reactive ketones (excluding diaryl/α,β-unsaturated/α-hetero) is 1. The molecule has 0 amide bonds. The van der Waals surface area contributed by atoms with Crippen LogP contribution < -0.4 is 0 Å². The SMILES string of the molecule is CCCCCC(=O)Cc1c(Cl)c(CC)nn1CC. The summed E-state index contributed by atoms with van der Waals surface area (Å²) in [5.41, 5.74) is 1.78. The summed E-state index contributed by atoms with van der Waals surface area (Å²) in [6.07, 6.45) is 5.12. The molecule has 18 heavy (non-hydrogen) atoms. The third-order valence-corrected chi connectivity index (χ3v) is 3.55. The van der Waals surface area contributed by atoms with Crippen LogP contribution in [0.3, 0.4) is 0 Å². The summed E-state index contributed by atoms with van der Waals surface area (Å²) < 4.78 is 1.86. The van der Waals surface area contributed by atoms with E-state index in [1.165, 1.54) is 0 Å². The fraction of sp³-hybridized carbons (Fsp3) is 0.714. The van der Waals surface area contributed by atoms with Gasteiger partial charge in [0.25, 0.3) is 0 Å². The average molecular weight is 271 g/mol. The summed E-state index contributed by atoms with van der Waals surface area (Å²) in [5, 5.41) is 5.11. The minimum Gasteiger partial charge on any atom is -0.299 e. The lowest BCUT2D eigenvalue weighted by atomic mass is 10.1. The summed E-state index contributed by atoms with van der Waals surface area (Å²) in [6, 6.07) is 0. The Morgan fingerprint density at radius 2 is 2.00 bits per heavy atom. The number of aryl methyl sites for hydroxylation is 2. The molecule has 1 heterocycles. The number of carbonyl (C=O) groups is 1. The second kappa shape index (κ2) is 7.57. The van der Waals surface area contributed by atoms with E-state index >= 15 is 0 Å². The highest BCUT2D eigenvalue weighted by atomic mass is 35.5. The molecule has 0 aliphatic carbocycles. The normalized spacial score (nSPS) is 10.9. The van der Waals surface area contributed by atoms with Crippen molar-refractivity contribution in [1.29, 1.82) is 0 Å².